The molecule has 0 bridgehead atoms. The van der Waals surface area contributed by atoms with Gasteiger partial charge in [0.1, 0.15) is 6.26 Å². The van der Waals surface area contributed by atoms with Crippen molar-refractivity contribution in [1.29, 1.82) is 0 Å². The molecule has 8 heteroatoms. The molecule has 4 rings (SSSR count). The van der Waals surface area contributed by atoms with E-state index in [9.17, 15) is 8.42 Å². The summed E-state index contributed by atoms with van der Waals surface area (Å²) < 4.78 is 44.1. The Morgan fingerprint density at radius 3 is 2.64 bits per heavy atom. The van der Waals surface area contributed by atoms with Crippen molar-refractivity contribution in [2.75, 3.05) is 11.5 Å². The third-order valence-corrected chi connectivity index (χ3v) is 5.08. The number of ether oxygens (including phenoxy) is 2. The molecule has 0 saturated heterocycles. The predicted molar refractivity (Wildman–Crippen MR) is 90.0 cm³/mol. The Balaban J connectivity index is 1.80. The molecule has 7 nitrogen and oxygen atoms in total. The van der Waals surface area contributed by atoms with E-state index in [0.29, 0.717) is 22.7 Å². The maximum absolute atomic E-state index is 12.7. The second kappa shape index (κ2) is 5.82. The Morgan fingerprint density at radius 2 is 1.92 bits per heavy atom. The number of rotatable bonds is 4. The molecule has 0 unspecified atom stereocenters. The summed E-state index contributed by atoms with van der Waals surface area (Å²) in [6, 6.07) is 9.86. The van der Waals surface area contributed by atoms with E-state index >= 15 is 0 Å². The molecule has 1 aromatic heterocycles. The van der Waals surface area contributed by atoms with Gasteiger partial charge in [0.05, 0.1) is 22.3 Å². The largest absolute Gasteiger partial charge is 0.454 e. The Kier molecular flexibility index (Phi) is 3.61. The van der Waals surface area contributed by atoms with Gasteiger partial charge in [-0.15, -0.1) is 0 Å². The van der Waals surface area contributed by atoms with Crippen LogP contribution in [0.25, 0.3) is 11.5 Å². The molecule has 1 aliphatic heterocycles. The second-order valence-electron chi connectivity index (χ2n) is 5.51. The van der Waals surface area contributed by atoms with E-state index < -0.39 is 10.0 Å². The third-order valence-electron chi connectivity index (χ3n) is 3.72. The molecule has 0 atom stereocenters. The molecule has 0 fully saturated rings. The molecule has 0 amide bonds. The van der Waals surface area contributed by atoms with E-state index in [1.165, 1.54) is 18.5 Å². The Morgan fingerprint density at radius 1 is 1.12 bits per heavy atom. The number of sulfonamides is 1. The number of aromatic nitrogens is 1. The summed E-state index contributed by atoms with van der Waals surface area (Å²) in [7, 11) is -3.78. The van der Waals surface area contributed by atoms with Gasteiger partial charge >= 0.3 is 0 Å². The van der Waals surface area contributed by atoms with E-state index in [4.69, 9.17) is 13.9 Å². The maximum atomic E-state index is 12.7. The highest BCUT2D eigenvalue weighted by Gasteiger charge is 2.23. The van der Waals surface area contributed by atoms with Crippen LogP contribution in [-0.2, 0) is 10.0 Å². The Labute approximate surface area is 144 Å². The van der Waals surface area contributed by atoms with Crippen molar-refractivity contribution in [3.8, 4) is 23.0 Å². The van der Waals surface area contributed by atoms with Crippen molar-refractivity contribution < 1.29 is 22.3 Å². The number of hydrogen-bond donors (Lipinski definition) is 1. The maximum Gasteiger partial charge on any atom is 0.261 e. The van der Waals surface area contributed by atoms with Crippen molar-refractivity contribution in [2.45, 2.75) is 11.8 Å². The molecule has 128 valence electrons. The smallest absolute Gasteiger partial charge is 0.261 e. The van der Waals surface area contributed by atoms with Crippen LogP contribution in [0.4, 0.5) is 5.69 Å². The average Bonchev–Trinajstić information content (AvgIpc) is 3.25. The van der Waals surface area contributed by atoms with Gasteiger partial charge in [-0.1, -0.05) is 12.1 Å². The minimum absolute atomic E-state index is 0.0778. The van der Waals surface area contributed by atoms with Crippen LogP contribution in [0.5, 0.6) is 11.5 Å². The van der Waals surface area contributed by atoms with Crippen molar-refractivity contribution in [2.24, 2.45) is 0 Å². The second-order valence-corrected chi connectivity index (χ2v) is 7.19. The summed E-state index contributed by atoms with van der Waals surface area (Å²) in [5.74, 6) is 1.24. The van der Waals surface area contributed by atoms with Crippen molar-refractivity contribution in [1.82, 2.24) is 4.98 Å². The minimum Gasteiger partial charge on any atom is -0.454 e. The lowest BCUT2D eigenvalue weighted by molar-refractivity contribution is 0.174. The molecule has 0 spiro atoms. The number of anilines is 1. The fourth-order valence-electron chi connectivity index (χ4n) is 2.55. The molecule has 0 aliphatic carbocycles. The van der Waals surface area contributed by atoms with Crippen LogP contribution in [0.2, 0.25) is 0 Å². The van der Waals surface area contributed by atoms with Gasteiger partial charge in [0.15, 0.2) is 11.5 Å². The number of nitrogens with zero attached hydrogens (tertiary/aromatic N) is 1. The topological polar surface area (TPSA) is 90.7 Å². The van der Waals surface area contributed by atoms with E-state index in [2.05, 4.69) is 9.71 Å². The zero-order valence-electron chi connectivity index (χ0n) is 13.2. The monoisotopic (exact) mass is 358 g/mol. The lowest BCUT2D eigenvalue weighted by atomic mass is 10.1. The first-order chi connectivity index (χ1) is 12.0. The van der Waals surface area contributed by atoms with Crippen molar-refractivity contribution >= 4 is 15.7 Å². The molecule has 1 aliphatic rings. The highest BCUT2D eigenvalue weighted by molar-refractivity contribution is 7.92. The number of benzene rings is 2. The fourth-order valence-corrected chi connectivity index (χ4v) is 3.72. The van der Waals surface area contributed by atoms with Crippen LogP contribution in [0.3, 0.4) is 0 Å². The van der Waals surface area contributed by atoms with Gasteiger partial charge in [0, 0.05) is 6.07 Å². The van der Waals surface area contributed by atoms with Gasteiger partial charge in [-0.05, 0) is 30.7 Å². The lowest BCUT2D eigenvalue weighted by Gasteiger charge is -2.12. The molecule has 1 N–H and O–H groups in total. The Bertz CT molecular complexity index is 1030. The zero-order valence-corrected chi connectivity index (χ0v) is 14.0. The average molecular weight is 358 g/mol. The first-order valence-electron chi connectivity index (χ1n) is 7.46. The molecule has 3 aromatic rings. The van der Waals surface area contributed by atoms with Crippen molar-refractivity contribution in [3.05, 3.63) is 54.4 Å². The summed E-state index contributed by atoms with van der Waals surface area (Å²) in [4.78, 5) is 4.26. The molecule has 25 heavy (non-hydrogen) atoms. The molecule has 0 saturated carbocycles. The Hall–Kier alpha value is -3.00. The lowest BCUT2D eigenvalue weighted by Crippen LogP contribution is -2.13. The number of aryl methyl sites for hydroxylation is 1. The van der Waals surface area contributed by atoms with Crippen LogP contribution in [-0.4, -0.2) is 20.2 Å². The number of nitrogens with one attached hydrogen (secondary N) is 1. The third kappa shape index (κ3) is 2.91. The first-order valence-corrected chi connectivity index (χ1v) is 8.94. The van der Waals surface area contributed by atoms with E-state index in [1.54, 1.807) is 24.3 Å². The quantitative estimate of drug-likeness (QED) is 0.770. The SMILES string of the molecule is Cc1cccc(S(=O)(=O)Nc2cc3c(cc2-c2ncco2)OCO3)c1. The zero-order chi connectivity index (χ0) is 17.4. The fraction of sp³-hybridized carbons (Fsp3) is 0.118. The van der Waals surface area contributed by atoms with Gasteiger partial charge in [0.2, 0.25) is 12.7 Å². The van der Waals surface area contributed by atoms with E-state index in [-0.39, 0.29) is 17.6 Å². The predicted octanol–water partition coefficient (Wildman–Crippen LogP) is 3.18. The molecule has 2 aromatic carbocycles. The van der Waals surface area contributed by atoms with Gasteiger partial charge in [-0.2, -0.15) is 0 Å². The highest BCUT2D eigenvalue weighted by Crippen LogP contribution is 2.41. The highest BCUT2D eigenvalue weighted by atomic mass is 32.2. The van der Waals surface area contributed by atoms with Gasteiger partial charge < -0.3 is 13.9 Å². The summed E-state index contributed by atoms with van der Waals surface area (Å²) in [5.41, 5.74) is 1.61. The van der Waals surface area contributed by atoms with Crippen LogP contribution in [0, 0.1) is 6.92 Å². The van der Waals surface area contributed by atoms with Gasteiger partial charge in [-0.25, -0.2) is 13.4 Å². The van der Waals surface area contributed by atoms with Crippen molar-refractivity contribution in [3.63, 3.8) is 0 Å². The molecule has 2 heterocycles. The normalized spacial score (nSPS) is 13.0. The van der Waals surface area contributed by atoms with Gasteiger partial charge in [0.25, 0.3) is 10.0 Å². The van der Waals surface area contributed by atoms with E-state index in [1.807, 2.05) is 13.0 Å². The molecular weight excluding hydrogens is 344 g/mol. The van der Waals surface area contributed by atoms with Crippen LogP contribution in [0.1, 0.15) is 5.56 Å². The number of hydrogen-bond acceptors (Lipinski definition) is 6. The van der Waals surface area contributed by atoms with Gasteiger partial charge in [-0.3, -0.25) is 4.72 Å². The summed E-state index contributed by atoms with van der Waals surface area (Å²) in [6.45, 7) is 1.91. The van der Waals surface area contributed by atoms with Crippen LogP contribution < -0.4 is 14.2 Å². The summed E-state index contributed by atoms with van der Waals surface area (Å²) in [6.07, 6.45) is 2.90. The molecule has 0 radical (unpaired) electrons. The molecular formula is C17H14N2O5S. The standard InChI is InChI=1S/C17H14N2O5S/c1-11-3-2-4-12(7-11)25(20,21)19-14-9-16-15(23-10-24-16)8-13(14)17-18-5-6-22-17/h2-9,19H,10H2,1H3. The van der Waals surface area contributed by atoms with Crippen LogP contribution >= 0.6 is 0 Å². The first kappa shape index (κ1) is 15.5. The summed E-state index contributed by atoms with van der Waals surface area (Å²) >= 11 is 0. The van der Waals surface area contributed by atoms with Crippen LogP contribution in [0.15, 0.2) is 58.2 Å². The number of oxazole rings is 1. The summed E-state index contributed by atoms with van der Waals surface area (Å²) in [5, 5.41) is 0. The number of fused-ring (bicyclic) bond motifs is 1. The minimum atomic E-state index is -3.78. The van der Waals surface area contributed by atoms with E-state index in [0.717, 1.165) is 5.56 Å².